The highest BCUT2D eigenvalue weighted by atomic mass is 32.2. The van der Waals surface area contributed by atoms with Gasteiger partial charge in [0.25, 0.3) is 0 Å². The van der Waals surface area contributed by atoms with E-state index in [1.54, 1.807) is 0 Å². The minimum Gasteiger partial charge on any atom is -0.316 e. The predicted molar refractivity (Wildman–Crippen MR) is 104 cm³/mol. The molecule has 0 saturated carbocycles. The van der Waals surface area contributed by atoms with Crippen LogP contribution in [-0.4, -0.2) is 27.9 Å². The molecule has 2 aromatic carbocycles. The number of nitrogens with zero attached hydrogens (tertiary/aromatic N) is 1. The normalized spacial score (nSPS) is 19.3. The molecule has 1 aliphatic rings. The van der Waals surface area contributed by atoms with E-state index in [1.807, 2.05) is 44.0 Å². The van der Waals surface area contributed by atoms with E-state index in [4.69, 9.17) is 4.84 Å². The molecule has 1 aliphatic heterocycles. The standard InChI is InChI=1S/C19H21NO2S2/c1-12-11-15(20-22-18(21)19(2,3)23-4)17-14-8-6-5-7-13(14)9-10-16(17)24-12/h5-10,12H,11H2,1-4H3/b20-15+. The van der Waals surface area contributed by atoms with Gasteiger partial charge in [0, 0.05) is 22.1 Å². The predicted octanol–water partition coefficient (Wildman–Crippen LogP) is 5.11. The molecule has 0 N–H and O–H groups in total. The van der Waals surface area contributed by atoms with Crippen molar-refractivity contribution in [1.82, 2.24) is 0 Å². The molecule has 0 spiro atoms. The van der Waals surface area contributed by atoms with Gasteiger partial charge in [-0.05, 0) is 36.9 Å². The van der Waals surface area contributed by atoms with Gasteiger partial charge in [0.2, 0.25) is 0 Å². The molecule has 3 rings (SSSR count). The van der Waals surface area contributed by atoms with Crippen LogP contribution in [0.3, 0.4) is 0 Å². The molecule has 1 heterocycles. The van der Waals surface area contributed by atoms with E-state index >= 15 is 0 Å². The summed E-state index contributed by atoms with van der Waals surface area (Å²) in [7, 11) is 0. The van der Waals surface area contributed by atoms with Crippen LogP contribution in [0.4, 0.5) is 0 Å². The van der Waals surface area contributed by atoms with E-state index in [-0.39, 0.29) is 5.97 Å². The third-order valence-electron chi connectivity index (χ3n) is 4.23. The molecule has 24 heavy (non-hydrogen) atoms. The summed E-state index contributed by atoms with van der Waals surface area (Å²) >= 11 is 3.31. The first kappa shape index (κ1) is 17.4. The summed E-state index contributed by atoms with van der Waals surface area (Å²) in [5.74, 6) is -0.310. The summed E-state index contributed by atoms with van der Waals surface area (Å²) in [5, 5.41) is 7.02. The molecular formula is C19H21NO2S2. The number of carbonyl (C=O) groups is 1. The summed E-state index contributed by atoms with van der Waals surface area (Å²) in [6.45, 7) is 5.87. The minimum atomic E-state index is -0.597. The van der Waals surface area contributed by atoms with Crippen molar-refractivity contribution >= 4 is 46.0 Å². The van der Waals surface area contributed by atoms with Crippen LogP contribution in [0, 0.1) is 0 Å². The number of rotatable bonds is 3. The van der Waals surface area contributed by atoms with Crippen molar-refractivity contribution in [3.8, 4) is 0 Å². The van der Waals surface area contributed by atoms with Crippen LogP contribution >= 0.6 is 23.5 Å². The number of benzene rings is 2. The van der Waals surface area contributed by atoms with Gasteiger partial charge in [0.1, 0.15) is 4.75 Å². The monoisotopic (exact) mass is 359 g/mol. The second kappa shape index (κ2) is 6.81. The van der Waals surface area contributed by atoms with Crippen molar-refractivity contribution in [2.24, 2.45) is 5.16 Å². The SMILES string of the molecule is CSC(C)(C)C(=O)O/N=C1\CC(C)Sc2ccc3ccccc3c21. The third kappa shape index (κ3) is 3.33. The smallest absolute Gasteiger partial charge is 0.316 e. The third-order valence-corrected chi connectivity index (χ3v) is 6.58. The summed E-state index contributed by atoms with van der Waals surface area (Å²) in [6.07, 6.45) is 2.69. The van der Waals surface area contributed by atoms with Gasteiger partial charge < -0.3 is 4.84 Å². The topological polar surface area (TPSA) is 38.7 Å². The summed E-state index contributed by atoms with van der Waals surface area (Å²) < 4.78 is -0.597. The highest BCUT2D eigenvalue weighted by Crippen LogP contribution is 2.39. The number of hydrogen-bond donors (Lipinski definition) is 0. The Morgan fingerprint density at radius 2 is 2.04 bits per heavy atom. The van der Waals surface area contributed by atoms with Gasteiger partial charge in [-0.15, -0.1) is 23.5 Å². The zero-order chi connectivity index (χ0) is 17.3. The van der Waals surface area contributed by atoms with E-state index < -0.39 is 4.75 Å². The highest BCUT2D eigenvalue weighted by molar-refractivity contribution is 8.00. The van der Waals surface area contributed by atoms with Gasteiger partial charge >= 0.3 is 5.97 Å². The Bertz CT molecular complexity index is 814. The first-order chi connectivity index (χ1) is 11.4. The fourth-order valence-corrected chi connectivity index (χ4v) is 4.02. The van der Waals surface area contributed by atoms with Crippen molar-refractivity contribution in [3.63, 3.8) is 0 Å². The highest BCUT2D eigenvalue weighted by Gasteiger charge is 2.30. The van der Waals surface area contributed by atoms with Crippen LogP contribution in [0.2, 0.25) is 0 Å². The van der Waals surface area contributed by atoms with Crippen LogP contribution in [0.1, 0.15) is 32.8 Å². The molecule has 3 nitrogen and oxygen atoms in total. The maximum Gasteiger partial charge on any atom is 0.350 e. The average molecular weight is 360 g/mol. The Kier molecular flexibility index (Phi) is 4.92. The Morgan fingerprint density at radius 1 is 1.29 bits per heavy atom. The van der Waals surface area contributed by atoms with Gasteiger partial charge in [-0.1, -0.05) is 42.4 Å². The lowest BCUT2D eigenvalue weighted by atomic mass is 9.98. The number of hydrogen-bond acceptors (Lipinski definition) is 5. The van der Waals surface area contributed by atoms with Crippen LogP contribution < -0.4 is 0 Å². The minimum absolute atomic E-state index is 0.310. The average Bonchev–Trinajstić information content (AvgIpc) is 2.58. The van der Waals surface area contributed by atoms with Crippen molar-refractivity contribution in [1.29, 1.82) is 0 Å². The molecule has 0 bridgehead atoms. The van der Waals surface area contributed by atoms with Crippen molar-refractivity contribution in [2.75, 3.05) is 6.26 Å². The molecule has 126 valence electrons. The lowest BCUT2D eigenvalue weighted by Gasteiger charge is -2.24. The Morgan fingerprint density at radius 3 is 2.79 bits per heavy atom. The first-order valence-corrected chi connectivity index (χ1v) is 10.0. The summed E-state index contributed by atoms with van der Waals surface area (Å²) in [5.41, 5.74) is 1.96. The van der Waals surface area contributed by atoms with E-state index in [0.717, 1.165) is 23.1 Å². The lowest BCUT2D eigenvalue weighted by molar-refractivity contribution is -0.145. The van der Waals surface area contributed by atoms with Gasteiger partial charge in [-0.25, -0.2) is 4.79 Å². The summed E-state index contributed by atoms with van der Waals surface area (Å²) in [6, 6.07) is 12.5. The number of oxime groups is 1. The Labute approximate surface area is 151 Å². The molecule has 1 unspecified atom stereocenters. The first-order valence-electron chi connectivity index (χ1n) is 7.94. The molecule has 1 atom stereocenters. The van der Waals surface area contributed by atoms with E-state index in [0.29, 0.717) is 5.25 Å². The maximum absolute atomic E-state index is 12.2. The largest absolute Gasteiger partial charge is 0.350 e. The Hall–Kier alpha value is -1.46. The molecule has 0 fully saturated rings. The molecule has 5 heteroatoms. The van der Waals surface area contributed by atoms with Crippen molar-refractivity contribution < 1.29 is 9.63 Å². The zero-order valence-electron chi connectivity index (χ0n) is 14.3. The van der Waals surface area contributed by atoms with E-state index in [2.05, 4.69) is 36.3 Å². The fraction of sp³-hybridized carbons (Fsp3) is 0.368. The Balaban J connectivity index is 2.03. The van der Waals surface area contributed by atoms with Gasteiger partial charge in [-0.2, -0.15) is 0 Å². The number of thioether (sulfide) groups is 2. The molecule has 0 amide bonds. The van der Waals surface area contributed by atoms with Gasteiger partial charge in [0.05, 0.1) is 5.71 Å². The van der Waals surface area contributed by atoms with E-state index in [9.17, 15) is 4.79 Å². The van der Waals surface area contributed by atoms with Crippen molar-refractivity contribution in [3.05, 3.63) is 42.0 Å². The fourth-order valence-electron chi connectivity index (χ4n) is 2.65. The molecule has 0 saturated heterocycles. The molecule has 2 aromatic rings. The van der Waals surface area contributed by atoms with Gasteiger partial charge in [-0.3, -0.25) is 0 Å². The quantitative estimate of drug-likeness (QED) is 0.564. The van der Waals surface area contributed by atoms with Crippen LogP contribution in [0.15, 0.2) is 46.4 Å². The molecule has 0 aromatic heterocycles. The van der Waals surface area contributed by atoms with Crippen LogP contribution in [0.5, 0.6) is 0 Å². The zero-order valence-corrected chi connectivity index (χ0v) is 16.0. The van der Waals surface area contributed by atoms with Crippen LogP contribution in [-0.2, 0) is 9.63 Å². The number of carbonyl (C=O) groups excluding carboxylic acids is 1. The van der Waals surface area contributed by atoms with E-state index in [1.165, 1.54) is 22.0 Å². The maximum atomic E-state index is 12.2. The summed E-state index contributed by atoms with van der Waals surface area (Å²) in [4.78, 5) is 18.8. The lowest BCUT2D eigenvalue weighted by Crippen LogP contribution is -2.29. The van der Waals surface area contributed by atoms with Crippen molar-refractivity contribution in [2.45, 2.75) is 42.1 Å². The van der Waals surface area contributed by atoms with Crippen LogP contribution in [0.25, 0.3) is 10.8 Å². The van der Waals surface area contributed by atoms with Gasteiger partial charge in [0.15, 0.2) is 0 Å². The second-order valence-corrected chi connectivity index (χ2v) is 9.33. The molecular weight excluding hydrogens is 338 g/mol. The molecule has 0 radical (unpaired) electrons. The number of fused-ring (bicyclic) bond motifs is 3. The second-order valence-electron chi connectivity index (χ2n) is 6.42. The molecule has 0 aliphatic carbocycles.